The number of halogens is 3. The molecule has 2 aromatic carbocycles. The second kappa shape index (κ2) is 6.48. The van der Waals surface area contributed by atoms with E-state index < -0.39 is 11.0 Å². The van der Waals surface area contributed by atoms with E-state index in [0.717, 1.165) is 0 Å². The summed E-state index contributed by atoms with van der Waals surface area (Å²) in [6.07, 6.45) is 0. The van der Waals surface area contributed by atoms with E-state index in [-0.39, 0.29) is 12.4 Å². The van der Waals surface area contributed by atoms with E-state index >= 15 is 0 Å². The van der Waals surface area contributed by atoms with E-state index in [9.17, 15) is 8.60 Å². The molecule has 0 aliphatic heterocycles. The van der Waals surface area contributed by atoms with Gasteiger partial charge < -0.3 is 0 Å². The number of nitrogens with one attached hydrogen (secondary N) is 1. The van der Waals surface area contributed by atoms with Crippen LogP contribution in [0.25, 0.3) is 0 Å². The number of rotatable bonds is 4. The minimum Gasteiger partial charge on any atom is -0.237 e. The van der Waals surface area contributed by atoms with Gasteiger partial charge in [0, 0.05) is 16.6 Å². The smallest absolute Gasteiger partial charge is 0.125 e. The maximum absolute atomic E-state index is 13.0. The van der Waals surface area contributed by atoms with Crippen LogP contribution in [0.1, 0.15) is 5.56 Å². The van der Waals surface area contributed by atoms with E-state index in [1.165, 1.54) is 12.1 Å². The van der Waals surface area contributed by atoms with Crippen LogP contribution in [0, 0.1) is 5.82 Å². The van der Waals surface area contributed by atoms with Crippen molar-refractivity contribution >= 4 is 34.2 Å². The molecule has 0 saturated heterocycles. The molecule has 1 unspecified atom stereocenters. The predicted molar refractivity (Wildman–Crippen MR) is 76.1 cm³/mol. The fourth-order valence-electron chi connectivity index (χ4n) is 1.51. The number of hydrogen-bond acceptors (Lipinski definition) is 1. The molecule has 0 heterocycles. The third-order valence-corrected chi connectivity index (χ3v) is 3.85. The van der Waals surface area contributed by atoms with E-state index in [1.54, 1.807) is 30.3 Å². The molecule has 2 aromatic rings. The van der Waals surface area contributed by atoms with Crippen LogP contribution in [0.2, 0.25) is 10.0 Å². The van der Waals surface area contributed by atoms with Crippen LogP contribution in [-0.2, 0) is 17.5 Å². The van der Waals surface area contributed by atoms with E-state index in [1.807, 2.05) is 0 Å². The predicted octanol–water partition coefficient (Wildman–Crippen LogP) is 3.94. The molecule has 2 rings (SSSR count). The SMILES string of the molecule is O=S(NCc1cccc(F)c1)c1cc(Cl)cc(Cl)c1. The normalized spacial score (nSPS) is 12.4. The number of hydrogen-bond donors (Lipinski definition) is 1. The van der Waals surface area contributed by atoms with E-state index in [0.29, 0.717) is 20.5 Å². The van der Waals surface area contributed by atoms with Gasteiger partial charge in [-0.3, -0.25) is 0 Å². The second-order valence-corrected chi connectivity index (χ2v) is 6.00. The summed E-state index contributed by atoms with van der Waals surface area (Å²) < 4.78 is 27.8. The van der Waals surface area contributed by atoms with Crippen molar-refractivity contribution in [3.63, 3.8) is 0 Å². The third-order valence-electron chi connectivity index (χ3n) is 2.35. The van der Waals surface area contributed by atoms with Crippen LogP contribution in [-0.4, -0.2) is 4.21 Å². The van der Waals surface area contributed by atoms with E-state index in [4.69, 9.17) is 23.2 Å². The van der Waals surface area contributed by atoms with Gasteiger partial charge in [0.15, 0.2) is 0 Å². The maximum atomic E-state index is 13.0. The Morgan fingerprint density at radius 1 is 1.11 bits per heavy atom. The molecule has 100 valence electrons. The van der Waals surface area contributed by atoms with Crippen molar-refractivity contribution in [1.29, 1.82) is 0 Å². The van der Waals surface area contributed by atoms with Gasteiger partial charge in [-0.1, -0.05) is 35.3 Å². The highest BCUT2D eigenvalue weighted by atomic mass is 35.5. The lowest BCUT2D eigenvalue weighted by atomic mass is 10.2. The van der Waals surface area contributed by atoms with Gasteiger partial charge in [0.25, 0.3) is 0 Å². The Hall–Kier alpha value is -0.940. The van der Waals surface area contributed by atoms with Gasteiger partial charge in [-0.15, -0.1) is 0 Å². The first kappa shape index (κ1) is 14.5. The molecule has 0 bridgehead atoms. The van der Waals surface area contributed by atoms with Crippen LogP contribution in [0.4, 0.5) is 4.39 Å². The molecule has 0 aromatic heterocycles. The first-order valence-electron chi connectivity index (χ1n) is 5.40. The van der Waals surface area contributed by atoms with Crippen molar-refractivity contribution in [2.24, 2.45) is 0 Å². The lowest BCUT2D eigenvalue weighted by molar-refractivity contribution is 0.624. The third kappa shape index (κ3) is 4.28. The minimum absolute atomic E-state index is 0.286. The Labute approximate surface area is 123 Å². The van der Waals surface area contributed by atoms with Crippen molar-refractivity contribution in [3.8, 4) is 0 Å². The first-order chi connectivity index (χ1) is 9.04. The molecular weight excluding hydrogens is 308 g/mol. The average Bonchev–Trinajstić information content (AvgIpc) is 2.35. The molecule has 0 fully saturated rings. The first-order valence-corrected chi connectivity index (χ1v) is 7.31. The summed E-state index contributed by atoms with van der Waals surface area (Å²) in [4.78, 5) is 0.480. The lowest BCUT2D eigenvalue weighted by Gasteiger charge is -2.06. The summed E-state index contributed by atoms with van der Waals surface area (Å²) in [5.74, 6) is -0.323. The van der Waals surface area contributed by atoms with Gasteiger partial charge >= 0.3 is 0 Å². The van der Waals surface area contributed by atoms with Crippen molar-refractivity contribution in [2.75, 3.05) is 0 Å². The molecule has 0 aliphatic rings. The monoisotopic (exact) mass is 317 g/mol. The summed E-state index contributed by atoms with van der Waals surface area (Å²) in [6.45, 7) is 0.286. The molecule has 1 atom stereocenters. The zero-order valence-electron chi connectivity index (χ0n) is 9.70. The topological polar surface area (TPSA) is 29.1 Å². The van der Waals surface area contributed by atoms with Gasteiger partial charge in [-0.05, 0) is 35.9 Å². The van der Waals surface area contributed by atoms with Gasteiger partial charge in [0.2, 0.25) is 0 Å². The van der Waals surface area contributed by atoms with Crippen molar-refractivity contribution in [2.45, 2.75) is 11.4 Å². The fourth-order valence-corrected chi connectivity index (χ4v) is 3.10. The average molecular weight is 318 g/mol. The highest BCUT2D eigenvalue weighted by Crippen LogP contribution is 2.20. The Balaban J connectivity index is 2.05. The van der Waals surface area contributed by atoms with Crippen LogP contribution in [0.5, 0.6) is 0 Å². The Bertz CT molecular complexity index is 601. The molecule has 19 heavy (non-hydrogen) atoms. The molecule has 0 radical (unpaired) electrons. The molecule has 1 N–H and O–H groups in total. The summed E-state index contributed by atoms with van der Waals surface area (Å²) in [5, 5.41) is 0.840. The van der Waals surface area contributed by atoms with Crippen LogP contribution >= 0.6 is 23.2 Å². The van der Waals surface area contributed by atoms with Gasteiger partial charge in [-0.2, -0.15) is 0 Å². The van der Waals surface area contributed by atoms with Gasteiger partial charge in [0.05, 0.1) is 4.90 Å². The Morgan fingerprint density at radius 3 is 2.42 bits per heavy atom. The molecular formula is C13H10Cl2FNOS. The summed E-state index contributed by atoms with van der Waals surface area (Å²) in [7, 11) is -1.45. The van der Waals surface area contributed by atoms with Crippen LogP contribution in [0.3, 0.4) is 0 Å². The highest BCUT2D eigenvalue weighted by Gasteiger charge is 2.06. The maximum Gasteiger partial charge on any atom is 0.125 e. The molecule has 0 aliphatic carbocycles. The van der Waals surface area contributed by atoms with Crippen molar-refractivity contribution in [3.05, 3.63) is 63.9 Å². The van der Waals surface area contributed by atoms with Gasteiger partial charge in [0.1, 0.15) is 16.8 Å². The second-order valence-electron chi connectivity index (χ2n) is 3.82. The van der Waals surface area contributed by atoms with Crippen LogP contribution in [0.15, 0.2) is 47.4 Å². The molecule has 0 amide bonds. The van der Waals surface area contributed by atoms with Crippen molar-refractivity contribution in [1.82, 2.24) is 4.72 Å². The van der Waals surface area contributed by atoms with Crippen LogP contribution < -0.4 is 4.72 Å². The van der Waals surface area contributed by atoms with Crippen molar-refractivity contribution < 1.29 is 8.60 Å². The lowest BCUT2D eigenvalue weighted by Crippen LogP contribution is -2.16. The Kier molecular flexibility index (Phi) is 4.93. The zero-order valence-corrected chi connectivity index (χ0v) is 12.0. The molecule has 0 saturated carbocycles. The zero-order chi connectivity index (χ0) is 13.8. The van der Waals surface area contributed by atoms with E-state index in [2.05, 4.69) is 4.72 Å². The standard InChI is InChI=1S/C13H10Cl2FNOS/c14-10-5-11(15)7-13(6-10)19(18)17-8-9-2-1-3-12(16)4-9/h1-7,17H,8H2. The van der Waals surface area contributed by atoms with Gasteiger partial charge in [-0.25, -0.2) is 13.3 Å². The minimum atomic E-state index is -1.45. The molecule has 0 spiro atoms. The summed E-state index contributed by atoms with van der Waals surface area (Å²) in [6, 6.07) is 10.8. The molecule has 2 nitrogen and oxygen atoms in total. The largest absolute Gasteiger partial charge is 0.237 e. The summed E-state index contributed by atoms with van der Waals surface area (Å²) >= 11 is 11.7. The quantitative estimate of drug-likeness (QED) is 0.909. The summed E-state index contributed by atoms with van der Waals surface area (Å²) in [5.41, 5.74) is 0.710. The Morgan fingerprint density at radius 2 is 1.79 bits per heavy atom. The number of benzene rings is 2. The highest BCUT2D eigenvalue weighted by molar-refractivity contribution is 7.83. The molecule has 6 heteroatoms. The fraction of sp³-hybridized carbons (Fsp3) is 0.0769.